The molecule has 7 heteroatoms. The summed E-state index contributed by atoms with van der Waals surface area (Å²) in [7, 11) is 0. The van der Waals surface area contributed by atoms with Crippen molar-refractivity contribution >= 4 is 39.0 Å². The number of hydrogen-bond donors (Lipinski definition) is 1. The monoisotopic (exact) mass is 396 g/mol. The van der Waals surface area contributed by atoms with Crippen LogP contribution in [0.1, 0.15) is 11.1 Å². The fraction of sp³-hybridized carbons (Fsp3) is 0.333. The molecule has 1 N–H and O–H groups in total. The van der Waals surface area contributed by atoms with Gasteiger partial charge in [-0.25, -0.2) is 4.39 Å². The number of benzene rings is 2. The fourth-order valence-corrected chi connectivity index (χ4v) is 4.85. The molecule has 3 heterocycles. The first-order chi connectivity index (χ1) is 13.7. The topological polar surface area (TPSA) is 48.5 Å². The van der Waals surface area contributed by atoms with Gasteiger partial charge in [0.2, 0.25) is 5.91 Å². The number of piperazine rings is 1. The molecule has 0 saturated carbocycles. The zero-order chi connectivity index (χ0) is 19.1. The highest BCUT2D eigenvalue weighted by atomic mass is 32.1. The Balaban J connectivity index is 1.20. The van der Waals surface area contributed by atoms with Gasteiger partial charge >= 0.3 is 0 Å². The second-order valence-corrected chi connectivity index (χ2v) is 8.21. The highest BCUT2D eigenvalue weighted by Crippen LogP contribution is 2.30. The minimum Gasteiger partial charge on any atom is -0.353 e. The maximum atomic E-state index is 14.3. The van der Waals surface area contributed by atoms with E-state index in [1.165, 1.54) is 16.2 Å². The number of carbonyl (C=O) groups excluding carboxylic acids is 1. The standard InChI is InChI=1S/C21H21FN4OS/c22-17-13-18-15(12-20(27)23-18)11-14(17)5-6-25-7-9-26(10-8-25)21-16-3-1-2-4-19(16)28-24-21/h1-4,11,13H,5-10,12H2,(H,23,27). The number of anilines is 2. The second kappa shape index (κ2) is 7.14. The number of carbonyl (C=O) groups is 1. The van der Waals surface area contributed by atoms with Crippen molar-refractivity contribution in [1.29, 1.82) is 0 Å². The third-order valence-corrected chi connectivity index (χ3v) is 6.44. The van der Waals surface area contributed by atoms with Crippen LogP contribution in [0.4, 0.5) is 15.9 Å². The molecule has 5 rings (SSSR count). The van der Waals surface area contributed by atoms with Crippen molar-refractivity contribution in [2.75, 3.05) is 42.9 Å². The van der Waals surface area contributed by atoms with Gasteiger partial charge in [-0.1, -0.05) is 18.2 Å². The van der Waals surface area contributed by atoms with Crippen molar-refractivity contribution in [2.24, 2.45) is 0 Å². The van der Waals surface area contributed by atoms with E-state index >= 15 is 0 Å². The number of aromatic nitrogens is 1. The van der Waals surface area contributed by atoms with Crippen LogP contribution >= 0.6 is 11.5 Å². The number of amides is 1. The van der Waals surface area contributed by atoms with Crippen LogP contribution in [-0.2, 0) is 17.6 Å². The van der Waals surface area contributed by atoms with Crippen LogP contribution in [0, 0.1) is 5.82 Å². The van der Waals surface area contributed by atoms with Crippen LogP contribution in [-0.4, -0.2) is 47.9 Å². The Morgan fingerprint density at radius 1 is 1.14 bits per heavy atom. The predicted octanol–water partition coefficient (Wildman–Crippen LogP) is 3.29. The number of hydrogen-bond acceptors (Lipinski definition) is 5. The normalized spacial score (nSPS) is 17.2. The van der Waals surface area contributed by atoms with E-state index in [-0.39, 0.29) is 11.7 Å². The van der Waals surface area contributed by atoms with Gasteiger partial charge in [0.05, 0.1) is 11.1 Å². The fourth-order valence-electron chi connectivity index (χ4n) is 4.05. The average Bonchev–Trinajstić information content (AvgIpc) is 3.29. The molecule has 1 aromatic heterocycles. The lowest BCUT2D eigenvalue weighted by atomic mass is 10.0. The zero-order valence-corrected chi connectivity index (χ0v) is 16.3. The summed E-state index contributed by atoms with van der Waals surface area (Å²) >= 11 is 1.55. The van der Waals surface area contributed by atoms with Crippen molar-refractivity contribution in [3.8, 4) is 0 Å². The Labute approximate surface area is 166 Å². The summed E-state index contributed by atoms with van der Waals surface area (Å²) in [5, 5.41) is 3.93. The second-order valence-electron chi connectivity index (χ2n) is 7.41. The van der Waals surface area contributed by atoms with Crippen LogP contribution in [0.5, 0.6) is 0 Å². The average molecular weight is 396 g/mol. The van der Waals surface area contributed by atoms with Crippen molar-refractivity contribution in [2.45, 2.75) is 12.8 Å². The molecule has 0 atom stereocenters. The molecule has 5 nitrogen and oxygen atoms in total. The number of fused-ring (bicyclic) bond motifs is 2. The van der Waals surface area contributed by atoms with Gasteiger partial charge in [0.1, 0.15) is 11.6 Å². The molecule has 2 aromatic carbocycles. The number of halogens is 1. The van der Waals surface area contributed by atoms with E-state index in [0.717, 1.165) is 44.1 Å². The molecule has 144 valence electrons. The first-order valence-electron chi connectivity index (χ1n) is 9.60. The Bertz CT molecular complexity index is 1040. The predicted molar refractivity (Wildman–Crippen MR) is 111 cm³/mol. The van der Waals surface area contributed by atoms with Crippen LogP contribution in [0.25, 0.3) is 10.1 Å². The van der Waals surface area contributed by atoms with Gasteiger partial charge < -0.3 is 10.2 Å². The highest BCUT2D eigenvalue weighted by molar-refractivity contribution is 7.13. The molecule has 1 amide bonds. The molecule has 1 fully saturated rings. The van der Waals surface area contributed by atoms with Gasteiger partial charge in [-0.2, -0.15) is 4.37 Å². The van der Waals surface area contributed by atoms with Crippen molar-refractivity contribution in [3.63, 3.8) is 0 Å². The third-order valence-electron chi connectivity index (χ3n) is 5.62. The van der Waals surface area contributed by atoms with Crippen molar-refractivity contribution < 1.29 is 9.18 Å². The molecule has 0 bridgehead atoms. The van der Waals surface area contributed by atoms with Crippen molar-refractivity contribution in [3.05, 3.63) is 53.3 Å². The smallest absolute Gasteiger partial charge is 0.228 e. The number of nitrogens with zero attached hydrogens (tertiary/aromatic N) is 3. The first kappa shape index (κ1) is 17.6. The Hall–Kier alpha value is -2.51. The molecule has 2 aliphatic rings. The van der Waals surface area contributed by atoms with Gasteiger partial charge in [-0.15, -0.1) is 0 Å². The molecule has 0 unspecified atom stereocenters. The van der Waals surface area contributed by atoms with E-state index < -0.39 is 0 Å². The van der Waals surface area contributed by atoms with E-state index in [4.69, 9.17) is 0 Å². The molecule has 3 aromatic rings. The van der Waals surface area contributed by atoms with Gasteiger partial charge in [0, 0.05) is 43.8 Å². The Morgan fingerprint density at radius 3 is 2.82 bits per heavy atom. The Kier molecular flexibility index (Phi) is 4.49. The van der Waals surface area contributed by atoms with Gasteiger partial charge in [-0.05, 0) is 47.3 Å². The third kappa shape index (κ3) is 3.25. The van der Waals surface area contributed by atoms with Crippen molar-refractivity contribution in [1.82, 2.24) is 9.27 Å². The molecule has 2 aliphatic heterocycles. The largest absolute Gasteiger partial charge is 0.353 e. The summed E-state index contributed by atoms with van der Waals surface area (Å²) in [5.41, 5.74) is 2.22. The number of rotatable bonds is 4. The molecular formula is C21H21FN4OS. The summed E-state index contributed by atoms with van der Waals surface area (Å²) in [4.78, 5) is 16.2. The van der Waals surface area contributed by atoms with Gasteiger partial charge in [0.15, 0.2) is 0 Å². The van der Waals surface area contributed by atoms with Crippen LogP contribution in [0.3, 0.4) is 0 Å². The summed E-state index contributed by atoms with van der Waals surface area (Å²) in [5.74, 6) is 0.799. The lowest BCUT2D eigenvalue weighted by Gasteiger charge is -2.35. The quantitative estimate of drug-likeness (QED) is 0.735. The SMILES string of the molecule is O=C1Cc2cc(CCN3CCN(c4nsc5ccccc45)CC3)c(F)cc2N1. The zero-order valence-electron chi connectivity index (χ0n) is 15.4. The summed E-state index contributed by atoms with van der Waals surface area (Å²) in [6, 6.07) is 11.7. The molecular weight excluding hydrogens is 375 g/mol. The van der Waals surface area contributed by atoms with Gasteiger partial charge in [-0.3, -0.25) is 9.69 Å². The minimum atomic E-state index is -0.228. The number of nitrogens with one attached hydrogen (secondary N) is 1. The maximum absolute atomic E-state index is 14.3. The lowest BCUT2D eigenvalue weighted by molar-refractivity contribution is -0.115. The Morgan fingerprint density at radius 2 is 1.96 bits per heavy atom. The van der Waals surface area contributed by atoms with E-state index in [1.54, 1.807) is 11.5 Å². The summed E-state index contributed by atoms with van der Waals surface area (Å²) < 4.78 is 20.2. The highest BCUT2D eigenvalue weighted by Gasteiger charge is 2.22. The van der Waals surface area contributed by atoms with Gasteiger partial charge in [0.25, 0.3) is 0 Å². The van der Waals surface area contributed by atoms with Crippen LogP contribution in [0.2, 0.25) is 0 Å². The van der Waals surface area contributed by atoms with E-state index in [9.17, 15) is 9.18 Å². The van der Waals surface area contributed by atoms with Crippen LogP contribution in [0.15, 0.2) is 36.4 Å². The van der Waals surface area contributed by atoms with E-state index in [2.05, 4.69) is 37.7 Å². The van der Waals surface area contributed by atoms with E-state index in [0.29, 0.717) is 24.1 Å². The molecule has 0 radical (unpaired) electrons. The molecule has 1 saturated heterocycles. The first-order valence-corrected chi connectivity index (χ1v) is 10.4. The lowest BCUT2D eigenvalue weighted by Crippen LogP contribution is -2.47. The van der Waals surface area contributed by atoms with E-state index in [1.807, 2.05) is 12.1 Å². The molecule has 0 spiro atoms. The maximum Gasteiger partial charge on any atom is 0.228 e. The minimum absolute atomic E-state index is 0.0581. The summed E-state index contributed by atoms with van der Waals surface area (Å²) in [6.07, 6.45) is 1.01. The molecule has 0 aliphatic carbocycles. The van der Waals surface area contributed by atoms with Crippen LogP contribution < -0.4 is 10.2 Å². The summed E-state index contributed by atoms with van der Waals surface area (Å²) in [6.45, 7) is 4.57. The molecule has 28 heavy (non-hydrogen) atoms.